The summed E-state index contributed by atoms with van der Waals surface area (Å²) in [7, 11) is 3.30. The molecule has 0 radical (unpaired) electrons. The van der Waals surface area contributed by atoms with Gasteiger partial charge in [0.05, 0.1) is 12.9 Å². The van der Waals surface area contributed by atoms with E-state index in [0.29, 0.717) is 11.2 Å². The minimum atomic E-state index is -0.992. The van der Waals surface area contributed by atoms with Gasteiger partial charge in [-0.2, -0.15) is 0 Å². The zero-order valence-corrected chi connectivity index (χ0v) is 12.7. The molecule has 0 aromatic carbocycles. The van der Waals surface area contributed by atoms with Crippen LogP contribution in [-0.2, 0) is 14.2 Å². The van der Waals surface area contributed by atoms with Crippen molar-refractivity contribution in [2.75, 3.05) is 26.5 Å². The Morgan fingerprint density at radius 1 is 1.48 bits per heavy atom. The van der Waals surface area contributed by atoms with Gasteiger partial charge in [-0.05, 0) is 7.05 Å². The molecular weight excluding hydrogens is 304 g/mol. The van der Waals surface area contributed by atoms with Crippen molar-refractivity contribution in [3.8, 4) is 0 Å². The molecule has 23 heavy (non-hydrogen) atoms. The Labute approximate surface area is 131 Å². The minimum Gasteiger partial charge on any atom is -0.387 e. The number of nitrogens with two attached hydrogens (primary N) is 1. The van der Waals surface area contributed by atoms with Crippen molar-refractivity contribution in [2.45, 2.75) is 30.3 Å². The number of nitrogen functional groups attached to an aromatic ring is 1. The third-order valence-corrected chi connectivity index (χ3v) is 4.46. The first kappa shape index (κ1) is 14.7. The van der Waals surface area contributed by atoms with Gasteiger partial charge < -0.3 is 25.1 Å². The van der Waals surface area contributed by atoms with Crippen molar-refractivity contribution in [1.29, 1.82) is 0 Å². The highest BCUT2D eigenvalue weighted by Gasteiger charge is 2.67. The molecule has 4 rings (SSSR count). The molecule has 0 aliphatic carbocycles. The fourth-order valence-electron chi connectivity index (χ4n) is 3.43. The van der Waals surface area contributed by atoms with E-state index >= 15 is 0 Å². The molecule has 124 valence electrons. The number of aromatic nitrogens is 4. The molecule has 0 saturated carbocycles. The zero-order chi connectivity index (χ0) is 16.2. The van der Waals surface area contributed by atoms with Crippen LogP contribution in [0.2, 0.25) is 0 Å². The number of fused-ring (bicyclic) bond motifs is 3. The number of nitrogens with zero attached hydrogens (tertiary/aromatic N) is 4. The van der Waals surface area contributed by atoms with E-state index in [9.17, 15) is 5.11 Å². The van der Waals surface area contributed by atoms with Crippen LogP contribution in [0.1, 0.15) is 6.23 Å². The lowest BCUT2D eigenvalue weighted by Crippen LogP contribution is -2.56. The molecule has 0 spiro atoms. The molecule has 2 aromatic heterocycles. The second-order valence-electron chi connectivity index (χ2n) is 5.69. The average Bonchev–Trinajstić information content (AvgIpc) is 3.17. The molecule has 2 fully saturated rings. The zero-order valence-electron chi connectivity index (χ0n) is 12.7. The molecule has 10 heteroatoms. The van der Waals surface area contributed by atoms with E-state index in [1.54, 1.807) is 25.1 Å². The van der Waals surface area contributed by atoms with Crippen LogP contribution in [0, 0.1) is 0 Å². The number of imidazole rings is 1. The quantitative estimate of drug-likeness (QED) is 0.624. The number of nitrogens with one attached hydrogen (secondary N) is 1. The van der Waals surface area contributed by atoms with Crippen LogP contribution in [0.15, 0.2) is 12.7 Å². The fraction of sp³-hybridized carbons (Fsp3) is 0.615. The molecule has 2 aliphatic heterocycles. The van der Waals surface area contributed by atoms with E-state index in [1.807, 2.05) is 0 Å². The standard InChI is InChI=1S/C13H18N6O4/c1-15-12-13(3-21-2)8(20)7(22-12)11(23-13)19-5-18-6-9(14)16-4-17-10(6)19/h4-5,7-8,11-12,15,20H,3H2,1-2H3,(H2,14,16,17)/t7-,8+,11-,12?,13-/m1/s1. The molecular formula is C13H18N6O4. The van der Waals surface area contributed by atoms with Crippen LogP contribution >= 0.6 is 0 Å². The van der Waals surface area contributed by atoms with Crippen molar-refractivity contribution in [2.24, 2.45) is 0 Å². The second kappa shape index (κ2) is 5.08. The van der Waals surface area contributed by atoms with E-state index in [4.69, 9.17) is 19.9 Å². The Bertz CT molecular complexity index is 738. The number of anilines is 1. The molecule has 0 amide bonds. The largest absolute Gasteiger partial charge is 0.387 e. The minimum absolute atomic E-state index is 0.191. The van der Waals surface area contributed by atoms with Gasteiger partial charge in [0.1, 0.15) is 30.3 Å². The summed E-state index contributed by atoms with van der Waals surface area (Å²) in [5.74, 6) is 0.290. The predicted molar refractivity (Wildman–Crippen MR) is 78.2 cm³/mol. The first-order valence-electron chi connectivity index (χ1n) is 7.23. The summed E-state index contributed by atoms with van der Waals surface area (Å²) < 4.78 is 19.0. The summed E-state index contributed by atoms with van der Waals surface area (Å²) in [5.41, 5.74) is 5.83. The number of hydrogen-bond acceptors (Lipinski definition) is 9. The maximum absolute atomic E-state index is 10.6. The van der Waals surface area contributed by atoms with Crippen LogP contribution in [0.3, 0.4) is 0 Å². The van der Waals surface area contributed by atoms with Crippen LogP contribution < -0.4 is 11.1 Å². The van der Waals surface area contributed by atoms with E-state index in [-0.39, 0.29) is 12.4 Å². The molecule has 10 nitrogen and oxygen atoms in total. The van der Waals surface area contributed by atoms with E-state index in [1.165, 1.54) is 6.33 Å². The van der Waals surface area contributed by atoms with Gasteiger partial charge in [-0.1, -0.05) is 0 Å². The molecule has 4 N–H and O–H groups in total. The molecule has 2 saturated heterocycles. The average molecular weight is 322 g/mol. The summed E-state index contributed by atoms with van der Waals surface area (Å²) in [6.45, 7) is 0.191. The highest BCUT2D eigenvalue weighted by molar-refractivity contribution is 5.81. The number of aliphatic hydroxyl groups is 1. The van der Waals surface area contributed by atoms with Gasteiger partial charge in [-0.25, -0.2) is 15.0 Å². The van der Waals surface area contributed by atoms with Crippen molar-refractivity contribution >= 4 is 17.0 Å². The third kappa shape index (κ3) is 1.83. The van der Waals surface area contributed by atoms with Gasteiger partial charge in [-0.15, -0.1) is 0 Å². The summed E-state index contributed by atoms with van der Waals surface area (Å²) in [4.78, 5) is 12.4. The predicted octanol–water partition coefficient (Wildman–Crippen LogP) is -1.37. The summed E-state index contributed by atoms with van der Waals surface area (Å²) in [5, 5.41) is 13.7. The molecule has 2 aliphatic rings. The second-order valence-corrected chi connectivity index (χ2v) is 5.69. The fourth-order valence-corrected chi connectivity index (χ4v) is 3.43. The number of hydrogen-bond donors (Lipinski definition) is 3. The Kier molecular flexibility index (Phi) is 3.25. The van der Waals surface area contributed by atoms with Gasteiger partial charge >= 0.3 is 0 Å². The molecule has 2 bridgehead atoms. The van der Waals surface area contributed by atoms with Gasteiger partial charge in [0, 0.05) is 7.11 Å². The van der Waals surface area contributed by atoms with Gasteiger partial charge in [-0.3, -0.25) is 9.88 Å². The normalized spacial score (nSPS) is 36.1. The molecule has 1 unspecified atom stereocenters. The van der Waals surface area contributed by atoms with Crippen molar-refractivity contribution < 1.29 is 19.3 Å². The smallest absolute Gasteiger partial charge is 0.167 e. The monoisotopic (exact) mass is 322 g/mol. The number of ether oxygens (including phenoxy) is 3. The lowest BCUT2D eigenvalue weighted by Gasteiger charge is -2.36. The molecule has 5 atom stereocenters. The maximum atomic E-state index is 10.6. The van der Waals surface area contributed by atoms with Crippen LogP contribution in [0.25, 0.3) is 11.2 Å². The number of aliphatic hydroxyl groups excluding tert-OH is 1. The lowest BCUT2D eigenvalue weighted by molar-refractivity contribution is -0.231. The van der Waals surface area contributed by atoms with Crippen molar-refractivity contribution in [1.82, 2.24) is 24.8 Å². The molecule has 2 aromatic rings. The Morgan fingerprint density at radius 3 is 3.04 bits per heavy atom. The Morgan fingerprint density at radius 2 is 2.30 bits per heavy atom. The Balaban J connectivity index is 1.76. The number of rotatable bonds is 4. The van der Waals surface area contributed by atoms with E-state index in [2.05, 4.69) is 20.3 Å². The maximum Gasteiger partial charge on any atom is 0.167 e. The first-order valence-corrected chi connectivity index (χ1v) is 7.23. The summed E-state index contributed by atoms with van der Waals surface area (Å²) in [6, 6.07) is 0. The van der Waals surface area contributed by atoms with Gasteiger partial charge in [0.2, 0.25) is 0 Å². The molecule has 4 heterocycles. The first-order chi connectivity index (χ1) is 11.1. The van der Waals surface area contributed by atoms with Gasteiger partial charge in [0.15, 0.2) is 23.3 Å². The van der Waals surface area contributed by atoms with Crippen molar-refractivity contribution in [3.05, 3.63) is 12.7 Å². The topological polar surface area (TPSA) is 130 Å². The van der Waals surface area contributed by atoms with E-state index in [0.717, 1.165) is 0 Å². The summed E-state index contributed by atoms with van der Waals surface area (Å²) in [6.07, 6.45) is 0.461. The van der Waals surface area contributed by atoms with Gasteiger partial charge in [0.25, 0.3) is 0 Å². The summed E-state index contributed by atoms with van der Waals surface area (Å²) >= 11 is 0. The highest BCUT2D eigenvalue weighted by atomic mass is 16.7. The lowest BCUT2D eigenvalue weighted by atomic mass is 9.97. The SMILES string of the molecule is CNC1O[C@H]2[C@H](n3cnc4c(N)ncnc43)O[C@]1(COC)[C@H]2O. The van der Waals surface area contributed by atoms with E-state index < -0.39 is 30.3 Å². The van der Waals surface area contributed by atoms with Crippen LogP contribution in [0.4, 0.5) is 5.82 Å². The van der Waals surface area contributed by atoms with Crippen LogP contribution in [-0.4, -0.2) is 69.4 Å². The Hall–Kier alpha value is -1.85. The van der Waals surface area contributed by atoms with Crippen molar-refractivity contribution in [3.63, 3.8) is 0 Å². The highest BCUT2D eigenvalue weighted by Crippen LogP contribution is 2.48. The number of methoxy groups -OCH3 is 1. The number of likely N-dealkylation sites (N-methyl/N-ethyl adjacent to an activating group) is 1. The third-order valence-electron chi connectivity index (χ3n) is 4.46. The van der Waals surface area contributed by atoms with Crippen LogP contribution in [0.5, 0.6) is 0 Å².